The molecule has 1 fully saturated rings. The molecule has 1 atom stereocenters. The number of amides is 1. The molecule has 0 spiro atoms. The van der Waals surface area contributed by atoms with Gasteiger partial charge in [0, 0.05) is 6.04 Å². The summed E-state index contributed by atoms with van der Waals surface area (Å²) in [6.45, 7) is 4.86. The fourth-order valence-corrected chi connectivity index (χ4v) is 2.75. The zero-order valence-corrected chi connectivity index (χ0v) is 11.8. The Balaban J connectivity index is 1.75. The minimum atomic E-state index is -0.299. The quantitative estimate of drug-likeness (QED) is 0.896. The summed E-state index contributed by atoms with van der Waals surface area (Å²) in [6.07, 6.45) is 4.21. The van der Waals surface area contributed by atoms with Gasteiger partial charge in [0.15, 0.2) is 0 Å². The van der Waals surface area contributed by atoms with Gasteiger partial charge in [0.25, 0.3) is 0 Å². The summed E-state index contributed by atoms with van der Waals surface area (Å²) >= 11 is 0. The van der Waals surface area contributed by atoms with E-state index >= 15 is 0 Å². The Morgan fingerprint density at radius 1 is 1.37 bits per heavy atom. The number of benzene rings is 1. The van der Waals surface area contributed by atoms with Gasteiger partial charge in [-0.05, 0) is 30.2 Å². The molecule has 104 valence electrons. The Bertz CT molecular complexity index is 414. The number of carbonyl (C=O) groups excluding carboxylic acids is 1. The van der Waals surface area contributed by atoms with E-state index in [1.54, 1.807) is 0 Å². The van der Waals surface area contributed by atoms with Gasteiger partial charge in [0.2, 0.25) is 0 Å². The maximum atomic E-state index is 11.8. The monoisotopic (exact) mass is 261 g/mol. The number of hydrogen-bond donors (Lipinski definition) is 1. The molecular weight excluding hydrogens is 238 g/mol. The van der Waals surface area contributed by atoms with Crippen molar-refractivity contribution in [2.24, 2.45) is 5.41 Å². The van der Waals surface area contributed by atoms with E-state index in [-0.39, 0.29) is 12.1 Å². The largest absolute Gasteiger partial charge is 0.445 e. The number of alkyl carbamates (subject to hydrolysis) is 1. The van der Waals surface area contributed by atoms with Crippen molar-refractivity contribution in [3.8, 4) is 0 Å². The molecule has 0 aromatic heterocycles. The van der Waals surface area contributed by atoms with Crippen molar-refractivity contribution in [1.29, 1.82) is 0 Å². The van der Waals surface area contributed by atoms with E-state index < -0.39 is 0 Å². The molecule has 1 aliphatic carbocycles. The van der Waals surface area contributed by atoms with Gasteiger partial charge >= 0.3 is 6.09 Å². The lowest BCUT2D eigenvalue weighted by molar-refractivity contribution is 0.124. The van der Waals surface area contributed by atoms with Crippen molar-refractivity contribution in [3.05, 3.63) is 35.9 Å². The normalized spacial score (nSPS) is 21.7. The average Bonchev–Trinajstić information content (AvgIpc) is 2.36. The molecule has 3 heteroatoms. The highest BCUT2D eigenvalue weighted by molar-refractivity contribution is 5.67. The molecule has 0 radical (unpaired) electrons. The van der Waals surface area contributed by atoms with E-state index in [2.05, 4.69) is 19.2 Å². The minimum Gasteiger partial charge on any atom is -0.445 e. The van der Waals surface area contributed by atoms with Crippen LogP contribution < -0.4 is 5.32 Å². The van der Waals surface area contributed by atoms with Crippen LogP contribution in [0.5, 0.6) is 0 Å². The lowest BCUT2D eigenvalue weighted by atomic mass is 9.75. The molecule has 0 heterocycles. The van der Waals surface area contributed by atoms with Crippen LogP contribution in [-0.4, -0.2) is 12.1 Å². The smallest absolute Gasteiger partial charge is 0.407 e. The van der Waals surface area contributed by atoms with Gasteiger partial charge in [-0.25, -0.2) is 4.79 Å². The van der Waals surface area contributed by atoms with E-state index in [0.29, 0.717) is 12.0 Å². The van der Waals surface area contributed by atoms with Gasteiger partial charge in [-0.1, -0.05) is 50.6 Å². The predicted octanol–water partition coefficient (Wildman–Crippen LogP) is 3.88. The Morgan fingerprint density at radius 3 is 2.79 bits per heavy atom. The van der Waals surface area contributed by atoms with Gasteiger partial charge in [-0.3, -0.25) is 0 Å². The first-order valence-electron chi connectivity index (χ1n) is 7.02. The molecule has 0 bridgehead atoms. The van der Waals surface area contributed by atoms with Crippen LogP contribution in [0.2, 0.25) is 0 Å². The summed E-state index contributed by atoms with van der Waals surface area (Å²) in [4.78, 5) is 11.8. The van der Waals surface area contributed by atoms with Gasteiger partial charge in [0.05, 0.1) is 0 Å². The summed E-state index contributed by atoms with van der Waals surface area (Å²) in [7, 11) is 0. The number of hydrogen-bond acceptors (Lipinski definition) is 2. The highest BCUT2D eigenvalue weighted by atomic mass is 16.5. The predicted molar refractivity (Wildman–Crippen MR) is 75.8 cm³/mol. The molecule has 0 saturated heterocycles. The Hall–Kier alpha value is -1.51. The Kier molecular flexibility index (Phi) is 4.46. The molecule has 1 aromatic rings. The van der Waals surface area contributed by atoms with Crippen molar-refractivity contribution < 1.29 is 9.53 Å². The van der Waals surface area contributed by atoms with Crippen LogP contribution in [0.4, 0.5) is 4.79 Å². The van der Waals surface area contributed by atoms with E-state index in [0.717, 1.165) is 18.4 Å². The number of ether oxygens (including phenoxy) is 1. The average molecular weight is 261 g/mol. The van der Waals surface area contributed by atoms with Crippen molar-refractivity contribution in [2.75, 3.05) is 0 Å². The van der Waals surface area contributed by atoms with Crippen LogP contribution in [0.25, 0.3) is 0 Å². The SMILES string of the molecule is CC1(C)CCC[C@@H](NC(=O)OCc2ccccc2)C1. The lowest BCUT2D eigenvalue weighted by Gasteiger charge is -2.35. The van der Waals surface area contributed by atoms with E-state index in [9.17, 15) is 4.79 Å². The third kappa shape index (κ3) is 4.58. The second kappa shape index (κ2) is 6.09. The van der Waals surface area contributed by atoms with E-state index in [1.807, 2.05) is 30.3 Å². The first-order chi connectivity index (χ1) is 9.05. The highest BCUT2D eigenvalue weighted by Gasteiger charge is 2.28. The summed E-state index contributed by atoms with van der Waals surface area (Å²) in [5, 5.41) is 2.98. The second-order valence-corrected chi connectivity index (χ2v) is 6.16. The highest BCUT2D eigenvalue weighted by Crippen LogP contribution is 2.35. The first kappa shape index (κ1) is 13.9. The fraction of sp³-hybridized carbons (Fsp3) is 0.562. The third-order valence-corrected chi connectivity index (χ3v) is 3.74. The van der Waals surface area contributed by atoms with Gasteiger partial charge in [0.1, 0.15) is 6.61 Å². The molecule has 3 nitrogen and oxygen atoms in total. The van der Waals surface area contributed by atoms with Crippen LogP contribution in [0.1, 0.15) is 45.1 Å². The molecule has 0 aliphatic heterocycles. The standard InChI is InChI=1S/C16H23NO2/c1-16(2)10-6-9-14(11-16)17-15(18)19-12-13-7-4-3-5-8-13/h3-5,7-8,14H,6,9-12H2,1-2H3,(H,17,18)/t14-/m1/s1. The molecule has 0 unspecified atom stereocenters. The Labute approximate surface area is 115 Å². The molecule has 1 N–H and O–H groups in total. The van der Waals surface area contributed by atoms with Gasteiger partial charge < -0.3 is 10.1 Å². The fourth-order valence-electron chi connectivity index (χ4n) is 2.75. The summed E-state index contributed by atoms with van der Waals surface area (Å²) < 4.78 is 5.25. The maximum Gasteiger partial charge on any atom is 0.407 e. The topological polar surface area (TPSA) is 38.3 Å². The van der Waals surface area contributed by atoms with Crippen molar-refractivity contribution in [2.45, 2.75) is 52.2 Å². The zero-order chi connectivity index (χ0) is 13.7. The van der Waals surface area contributed by atoms with Crippen molar-refractivity contribution >= 4 is 6.09 Å². The van der Waals surface area contributed by atoms with Crippen LogP contribution in [0.15, 0.2) is 30.3 Å². The minimum absolute atomic E-state index is 0.257. The number of rotatable bonds is 3. The van der Waals surface area contributed by atoms with Crippen LogP contribution >= 0.6 is 0 Å². The molecular formula is C16H23NO2. The van der Waals surface area contributed by atoms with Gasteiger partial charge in [-0.15, -0.1) is 0 Å². The van der Waals surface area contributed by atoms with Crippen LogP contribution in [0.3, 0.4) is 0 Å². The van der Waals surface area contributed by atoms with Gasteiger partial charge in [-0.2, -0.15) is 0 Å². The number of nitrogens with one attached hydrogen (secondary N) is 1. The summed E-state index contributed by atoms with van der Waals surface area (Å²) in [5.41, 5.74) is 1.34. The molecule has 1 aromatic carbocycles. The van der Waals surface area contributed by atoms with E-state index in [1.165, 1.54) is 12.8 Å². The van der Waals surface area contributed by atoms with Crippen LogP contribution in [0, 0.1) is 5.41 Å². The van der Waals surface area contributed by atoms with Crippen molar-refractivity contribution in [3.63, 3.8) is 0 Å². The van der Waals surface area contributed by atoms with Crippen molar-refractivity contribution in [1.82, 2.24) is 5.32 Å². The number of carbonyl (C=O) groups is 1. The first-order valence-corrected chi connectivity index (χ1v) is 7.02. The molecule has 19 heavy (non-hydrogen) atoms. The molecule has 2 rings (SSSR count). The lowest BCUT2D eigenvalue weighted by Crippen LogP contribution is -2.40. The molecule has 1 amide bonds. The third-order valence-electron chi connectivity index (χ3n) is 3.74. The molecule has 1 saturated carbocycles. The Morgan fingerprint density at radius 2 is 2.11 bits per heavy atom. The zero-order valence-electron chi connectivity index (χ0n) is 11.8. The summed E-state index contributed by atoms with van der Waals surface area (Å²) in [6, 6.07) is 10.0. The van der Waals surface area contributed by atoms with Crippen LogP contribution in [-0.2, 0) is 11.3 Å². The van der Waals surface area contributed by atoms with E-state index in [4.69, 9.17) is 4.74 Å². The molecule has 1 aliphatic rings. The second-order valence-electron chi connectivity index (χ2n) is 6.16. The maximum absolute atomic E-state index is 11.8. The summed E-state index contributed by atoms with van der Waals surface area (Å²) in [5.74, 6) is 0.